The molecule has 1 aliphatic carbocycles. The molecule has 94 valence electrons. The normalized spacial score (nSPS) is 16.2. The Morgan fingerprint density at radius 1 is 1.56 bits per heavy atom. The van der Waals surface area contributed by atoms with E-state index in [1.807, 2.05) is 6.07 Å². The van der Waals surface area contributed by atoms with E-state index in [1.165, 1.54) is 0 Å². The number of carbonyl (C=O) groups is 1. The number of carbonyl (C=O) groups excluding carboxylic acids is 1. The molecule has 1 saturated carbocycles. The minimum Gasteiger partial charge on any atom is -0.479 e. The summed E-state index contributed by atoms with van der Waals surface area (Å²) in [6.45, 7) is -0.0156. The number of nitrogens with one attached hydrogen (secondary N) is 1. The Morgan fingerprint density at radius 2 is 2.33 bits per heavy atom. The van der Waals surface area contributed by atoms with Crippen LogP contribution in [0.1, 0.15) is 19.3 Å². The maximum Gasteiger partial charge on any atom is 0.244 e. The Balaban J connectivity index is 2.01. The number of rotatable bonds is 4. The van der Waals surface area contributed by atoms with Gasteiger partial charge in [0, 0.05) is 11.8 Å². The average Bonchev–Trinajstić information content (AvgIpc) is 2.34. The highest BCUT2D eigenvalue weighted by Gasteiger charge is 2.40. The lowest BCUT2D eigenvalue weighted by molar-refractivity contribution is -0.123. The van der Waals surface area contributed by atoms with E-state index in [0.29, 0.717) is 11.4 Å². The lowest BCUT2D eigenvalue weighted by Crippen LogP contribution is -2.56. The van der Waals surface area contributed by atoms with Crippen LogP contribution in [-0.2, 0) is 4.79 Å². The van der Waals surface area contributed by atoms with E-state index in [4.69, 9.17) is 15.7 Å². The standard InChI is InChI=1S/C13H15N3O2/c14-7-8-18-11-4-1-3-10(9-11)16-12(17)13(15)5-2-6-13/h1,3-4,9H,2,5-6,8,15H2,(H,16,17). The molecule has 1 aliphatic rings. The number of nitrogens with two attached hydrogens (primary N) is 1. The van der Waals surface area contributed by atoms with Crippen LogP contribution in [0.4, 0.5) is 5.69 Å². The number of anilines is 1. The maximum absolute atomic E-state index is 11.9. The van der Waals surface area contributed by atoms with Crippen molar-refractivity contribution in [1.29, 1.82) is 5.26 Å². The number of ether oxygens (including phenoxy) is 1. The summed E-state index contributed by atoms with van der Waals surface area (Å²) in [6.07, 6.45) is 2.45. The summed E-state index contributed by atoms with van der Waals surface area (Å²) in [4.78, 5) is 11.9. The van der Waals surface area contributed by atoms with E-state index in [0.717, 1.165) is 19.3 Å². The van der Waals surface area contributed by atoms with E-state index in [2.05, 4.69) is 5.32 Å². The van der Waals surface area contributed by atoms with E-state index >= 15 is 0 Å². The largest absolute Gasteiger partial charge is 0.479 e. The summed E-state index contributed by atoms with van der Waals surface area (Å²) in [5.41, 5.74) is 5.84. The molecule has 3 N–H and O–H groups in total. The van der Waals surface area contributed by atoms with Gasteiger partial charge in [-0.2, -0.15) is 5.26 Å². The highest BCUT2D eigenvalue weighted by atomic mass is 16.5. The van der Waals surface area contributed by atoms with Crippen molar-refractivity contribution in [3.8, 4) is 11.8 Å². The first kappa shape index (κ1) is 12.4. The van der Waals surface area contributed by atoms with Crippen LogP contribution in [0.15, 0.2) is 24.3 Å². The predicted molar refractivity (Wildman–Crippen MR) is 66.9 cm³/mol. The van der Waals surface area contributed by atoms with Gasteiger partial charge < -0.3 is 15.8 Å². The number of hydrogen-bond acceptors (Lipinski definition) is 4. The van der Waals surface area contributed by atoms with Crippen LogP contribution in [0.5, 0.6) is 5.75 Å². The second kappa shape index (κ2) is 5.07. The summed E-state index contributed by atoms with van der Waals surface area (Å²) >= 11 is 0. The van der Waals surface area contributed by atoms with Crippen molar-refractivity contribution in [2.45, 2.75) is 24.8 Å². The molecule has 18 heavy (non-hydrogen) atoms. The molecule has 0 aromatic heterocycles. The molecule has 5 nitrogen and oxygen atoms in total. The quantitative estimate of drug-likeness (QED) is 0.839. The Morgan fingerprint density at radius 3 is 2.94 bits per heavy atom. The maximum atomic E-state index is 11.9. The van der Waals surface area contributed by atoms with Gasteiger partial charge in [-0.05, 0) is 31.4 Å². The molecule has 0 unspecified atom stereocenters. The lowest BCUT2D eigenvalue weighted by atomic mass is 9.77. The van der Waals surface area contributed by atoms with Crippen LogP contribution in [-0.4, -0.2) is 18.1 Å². The number of amides is 1. The molecular formula is C13H15N3O2. The topological polar surface area (TPSA) is 88.1 Å². The molecule has 1 aromatic rings. The molecule has 0 bridgehead atoms. The average molecular weight is 245 g/mol. The molecule has 1 amide bonds. The minimum atomic E-state index is -0.719. The molecular weight excluding hydrogens is 230 g/mol. The number of benzene rings is 1. The van der Waals surface area contributed by atoms with E-state index in [9.17, 15) is 4.79 Å². The van der Waals surface area contributed by atoms with Crippen LogP contribution in [0.25, 0.3) is 0 Å². The van der Waals surface area contributed by atoms with Crippen LogP contribution in [0.2, 0.25) is 0 Å². The summed E-state index contributed by atoms with van der Waals surface area (Å²) in [6, 6.07) is 8.82. The highest BCUT2D eigenvalue weighted by Crippen LogP contribution is 2.30. The Bertz CT molecular complexity index is 489. The fourth-order valence-corrected chi connectivity index (χ4v) is 1.82. The van der Waals surface area contributed by atoms with Gasteiger partial charge in [0.1, 0.15) is 11.8 Å². The smallest absolute Gasteiger partial charge is 0.244 e. The minimum absolute atomic E-state index is 0.0156. The zero-order valence-electron chi connectivity index (χ0n) is 9.98. The first-order chi connectivity index (χ1) is 8.64. The Labute approximate surface area is 106 Å². The van der Waals surface area contributed by atoms with Crippen molar-refractivity contribution in [1.82, 2.24) is 0 Å². The number of nitriles is 1. The van der Waals surface area contributed by atoms with Crippen LogP contribution >= 0.6 is 0 Å². The van der Waals surface area contributed by atoms with Crippen molar-refractivity contribution in [3.63, 3.8) is 0 Å². The Kier molecular flexibility index (Phi) is 3.49. The van der Waals surface area contributed by atoms with Gasteiger partial charge in [0.2, 0.25) is 5.91 Å². The third-order valence-electron chi connectivity index (χ3n) is 3.09. The van der Waals surface area contributed by atoms with Gasteiger partial charge in [-0.1, -0.05) is 6.07 Å². The van der Waals surface area contributed by atoms with Gasteiger partial charge >= 0.3 is 0 Å². The van der Waals surface area contributed by atoms with E-state index in [-0.39, 0.29) is 12.5 Å². The fourth-order valence-electron chi connectivity index (χ4n) is 1.82. The molecule has 1 aromatic carbocycles. The molecule has 0 spiro atoms. The highest BCUT2D eigenvalue weighted by molar-refractivity contribution is 5.98. The van der Waals surface area contributed by atoms with Gasteiger partial charge in [-0.25, -0.2) is 0 Å². The van der Waals surface area contributed by atoms with Crippen molar-refractivity contribution in [3.05, 3.63) is 24.3 Å². The van der Waals surface area contributed by atoms with Gasteiger partial charge in [0.05, 0.1) is 5.54 Å². The second-order valence-corrected chi connectivity index (χ2v) is 4.44. The molecule has 0 aliphatic heterocycles. The molecule has 1 fully saturated rings. The van der Waals surface area contributed by atoms with Crippen molar-refractivity contribution in [2.24, 2.45) is 5.73 Å². The lowest BCUT2D eigenvalue weighted by Gasteiger charge is -2.36. The fraction of sp³-hybridized carbons (Fsp3) is 0.385. The van der Waals surface area contributed by atoms with Gasteiger partial charge in [-0.15, -0.1) is 0 Å². The molecule has 0 atom stereocenters. The van der Waals surface area contributed by atoms with Gasteiger partial charge in [0.15, 0.2) is 6.61 Å². The zero-order chi connectivity index (χ0) is 13.0. The van der Waals surface area contributed by atoms with E-state index in [1.54, 1.807) is 24.3 Å². The SMILES string of the molecule is N#CCOc1cccc(NC(=O)C2(N)CCC2)c1. The van der Waals surface area contributed by atoms with Crippen LogP contribution in [0.3, 0.4) is 0 Å². The Hall–Kier alpha value is -2.06. The molecule has 5 heteroatoms. The first-order valence-electron chi connectivity index (χ1n) is 5.84. The molecule has 0 saturated heterocycles. The van der Waals surface area contributed by atoms with Crippen molar-refractivity contribution >= 4 is 11.6 Å². The number of hydrogen-bond donors (Lipinski definition) is 2. The van der Waals surface area contributed by atoms with Gasteiger partial charge in [-0.3, -0.25) is 4.79 Å². The van der Waals surface area contributed by atoms with Crippen molar-refractivity contribution < 1.29 is 9.53 Å². The number of nitrogens with zero attached hydrogens (tertiary/aromatic N) is 1. The summed E-state index contributed by atoms with van der Waals surface area (Å²) < 4.78 is 5.16. The third-order valence-corrected chi connectivity index (χ3v) is 3.09. The third kappa shape index (κ3) is 2.60. The van der Waals surface area contributed by atoms with Crippen LogP contribution in [0, 0.1) is 11.3 Å². The molecule has 0 heterocycles. The molecule has 0 radical (unpaired) electrons. The molecule has 2 rings (SSSR count). The second-order valence-electron chi connectivity index (χ2n) is 4.44. The predicted octanol–water partition coefficient (Wildman–Crippen LogP) is 1.41. The van der Waals surface area contributed by atoms with Gasteiger partial charge in [0.25, 0.3) is 0 Å². The summed E-state index contributed by atoms with van der Waals surface area (Å²) in [5.74, 6) is 0.389. The zero-order valence-corrected chi connectivity index (χ0v) is 9.98. The van der Waals surface area contributed by atoms with Crippen molar-refractivity contribution in [2.75, 3.05) is 11.9 Å². The van der Waals surface area contributed by atoms with Crippen LogP contribution < -0.4 is 15.8 Å². The first-order valence-corrected chi connectivity index (χ1v) is 5.84. The summed E-state index contributed by atoms with van der Waals surface area (Å²) in [5, 5.41) is 11.2. The monoisotopic (exact) mass is 245 g/mol. The summed E-state index contributed by atoms with van der Waals surface area (Å²) in [7, 11) is 0. The van der Waals surface area contributed by atoms with E-state index < -0.39 is 5.54 Å².